The van der Waals surface area contributed by atoms with E-state index in [1.165, 1.54) is 24.3 Å². The monoisotopic (exact) mass is 515 g/mol. The lowest BCUT2D eigenvalue weighted by atomic mass is 9.99. The lowest BCUT2D eigenvalue weighted by molar-refractivity contribution is -0.274. The Hall–Kier alpha value is -4.21. The molecule has 3 aromatic rings. The van der Waals surface area contributed by atoms with Crippen molar-refractivity contribution in [2.75, 3.05) is 11.5 Å². The number of hydrogen-bond acceptors (Lipinski definition) is 6. The van der Waals surface area contributed by atoms with E-state index in [4.69, 9.17) is 9.15 Å². The van der Waals surface area contributed by atoms with Gasteiger partial charge in [-0.05, 0) is 49.2 Å². The van der Waals surface area contributed by atoms with Gasteiger partial charge < -0.3 is 19.0 Å². The molecule has 1 aliphatic rings. The molecule has 2 heterocycles. The van der Waals surface area contributed by atoms with Gasteiger partial charge in [0.05, 0.1) is 12.2 Å². The van der Waals surface area contributed by atoms with E-state index < -0.39 is 35.6 Å². The molecule has 0 bridgehead atoms. The lowest BCUT2D eigenvalue weighted by Crippen LogP contribution is -2.29. The first kappa shape index (κ1) is 25.9. The largest absolute Gasteiger partial charge is 0.573 e. The maximum Gasteiger partial charge on any atom is 0.573 e. The summed E-state index contributed by atoms with van der Waals surface area (Å²) in [6, 6.07) is 13.0. The summed E-state index contributed by atoms with van der Waals surface area (Å²) in [5.74, 6) is -1.79. The number of halogens is 3. The Morgan fingerprint density at radius 2 is 1.76 bits per heavy atom. The molecule has 1 atom stereocenters. The minimum absolute atomic E-state index is 0.0454. The fourth-order valence-corrected chi connectivity index (χ4v) is 3.95. The van der Waals surface area contributed by atoms with E-state index in [0.717, 1.165) is 17.0 Å². The van der Waals surface area contributed by atoms with Crippen LogP contribution in [-0.2, 0) is 9.59 Å². The number of carbonyl (C=O) groups excluding carboxylic acids is 2. The zero-order valence-electron chi connectivity index (χ0n) is 20.2. The van der Waals surface area contributed by atoms with Gasteiger partial charge >= 0.3 is 6.36 Å². The summed E-state index contributed by atoms with van der Waals surface area (Å²) >= 11 is 0. The van der Waals surface area contributed by atoms with Gasteiger partial charge in [0.1, 0.15) is 34.8 Å². The van der Waals surface area contributed by atoms with Crippen LogP contribution in [0.5, 0.6) is 11.5 Å². The zero-order valence-corrected chi connectivity index (χ0v) is 20.2. The molecular formula is C27H24F3NO6. The van der Waals surface area contributed by atoms with Crippen LogP contribution < -0.4 is 14.4 Å². The molecule has 1 unspecified atom stereocenters. The topological polar surface area (TPSA) is 89.2 Å². The predicted octanol–water partition coefficient (Wildman–Crippen LogP) is 6.15. The molecule has 0 spiro atoms. The van der Waals surface area contributed by atoms with Crippen molar-refractivity contribution in [3.8, 4) is 11.5 Å². The van der Waals surface area contributed by atoms with E-state index in [1.807, 2.05) is 13.8 Å². The van der Waals surface area contributed by atoms with Crippen molar-refractivity contribution in [2.24, 2.45) is 5.92 Å². The van der Waals surface area contributed by atoms with E-state index in [-0.39, 0.29) is 28.5 Å². The van der Waals surface area contributed by atoms with Gasteiger partial charge in [-0.1, -0.05) is 32.0 Å². The molecule has 1 amide bonds. The summed E-state index contributed by atoms with van der Waals surface area (Å²) in [5, 5.41) is 11.2. The summed E-state index contributed by atoms with van der Waals surface area (Å²) in [4.78, 5) is 27.4. The molecule has 10 heteroatoms. The van der Waals surface area contributed by atoms with E-state index in [9.17, 15) is 27.9 Å². The molecule has 1 aliphatic heterocycles. The number of Topliss-reactive ketones (excluding diaryl/α,β-unsaturated/α-hetero) is 1. The third kappa shape index (κ3) is 5.63. The summed E-state index contributed by atoms with van der Waals surface area (Å²) in [6.07, 6.45) is -4.95. The quantitative estimate of drug-likeness (QED) is 0.231. The van der Waals surface area contributed by atoms with Crippen LogP contribution in [0.3, 0.4) is 0 Å². The third-order valence-corrected chi connectivity index (χ3v) is 5.50. The second-order valence-corrected chi connectivity index (χ2v) is 8.90. The molecule has 0 saturated carbocycles. The van der Waals surface area contributed by atoms with E-state index >= 15 is 0 Å². The van der Waals surface area contributed by atoms with Gasteiger partial charge in [-0.15, -0.1) is 13.2 Å². The number of alkyl halides is 3. The molecule has 1 N–H and O–H groups in total. The molecule has 194 valence electrons. The number of aryl methyl sites for hydroxylation is 1. The first-order chi connectivity index (χ1) is 17.4. The Kier molecular flexibility index (Phi) is 7.02. The normalized spacial score (nSPS) is 17.5. The maximum atomic E-state index is 13.2. The van der Waals surface area contributed by atoms with E-state index in [1.54, 1.807) is 31.2 Å². The number of ketones is 1. The van der Waals surface area contributed by atoms with Gasteiger partial charge in [-0.25, -0.2) is 0 Å². The number of amides is 1. The summed E-state index contributed by atoms with van der Waals surface area (Å²) in [7, 11) is 0. The minimum atomic E-state index is -4.95. The molecule has 1 saturated heterocycles. The van der Waals surface area contributed by atoms with Gasteiger partial charge in [-0.3, -0.25) is 14.5 Å². The average molecular weight is 515 g/mol. The highest BCUT2D eigenvalue weighted by atomic mass is 19.4. The van der Waals surface area contributed by atoms with Crippen LogP contribution in [0.2, 0.25) is 0 Å². The highest BCUT2D eigenvalue weighted by Crippen LogP contribution is 2.43. The Bertz CT molecular complexity index is 1360. The van der Waals surface area contributed by atoms with Crippen molar-refractivity contribution >= 4 is 23.1 Å². The maximum absolute atomic E-state index is 13.2. The first-order valence-corrected chi connectivity index (χ1v) is 11.4. The smallest absolute Gasteiger partial charge is 0.507 e. The molecule has 2 aromatic carbocycles. The molecule has 0 aliphatic carbocycles. The second kappa shape index (κ2) is 10.0. The van der Waals surface area contributed by atoms with Gasteiger partial charge in [0.25, 0.3) is 11.7 Å². The number of furan rings is 1. The van der Waals surface area contributed by atoms with E-state index in [2.05, 4.69) is 4.74 Å². The van der Waals surface area contributed by atoms with Gasteiger partial charge in [0, 0.05) is 17.3 Å². The van der Waals surface area contributed by atoms with E-state index in [0.29, 0.717) is 18.1 Å². The Labute approximate surface area is 210 Å². The van der Waals surface area contributed by atoms with Crippen molar-refractivity contribution < 1.29 is 41.8 Å². The van der Waals surface area contributed by atoms with Gasteiger partial charge in [0.2, 0.25) is 0 Å². The van der Waals surface area contributed by atoms with Crippen LogP contribution >= 0.6 is 0 Å². The van der Waals surface area contributed by atoms with Crippen molar-refractivity contribution in [2.45, 2.75) is 33.2 Å². The van der Waals surface area contributed by atoms with Gasteiger partial charge in [0.15, 0.2) is 0 Å². The number of anilines is 1. The van der Waals surface area contributed by atoms with Crippen molar-refractivity contribution in [3.63, 3.8) is 0 Å². The summed E-state index contributed by atoms with van der Waals surface area (Å²) < 4.78 is 53.8. The predicted molar refractivity (Wildman–Crippen MR) is 128 cm³/mol. The van der Waals surface area contributed by atoms with Crippen molar-refractivity contribution in [1.29, 1.82) is 0 Å². The number of benzene rings is 2. The molecule has 37 heavy (non-hydrogen) atoms. The van der Waals surface area contributed by atoms with Crippen LogP contribution in [0.25, 0.3) is 5.76 Å². The number of hydrogen-bond donors (Lipinski definition) is 1. The van der Waals surface area contributed by atoms with Crippen molar-refractivity contribution in [1.82, 2.24) is 0 Å². The highest BCUT2D eigenvalue weighted by molar-refractivity contribution is 6.51. The Balaban J connectivity index is 1.83. The van der Waals surface area contributed by atoms with Crippen LogP contribution in [0.1, 0.15) is 37.0 Å². The molecule has 4 rings (SSSR count). The average Bonchev–Trinajstić information content (AvgIpc) is 3.37. The van der Waals surface area contributed by atoms with Crippen molar-refractivity contribution in [3.05, 3.63) is 83.3 Å². The first-order valence-electron chi connectivity index (χ1n) is 11.4. The zero-order chi connectivity index (χ0) is 26.9. The van der Waals surface area contributed by atoms with Crippen LogP contribution in [0.15, 0.2) is 70.7 Å². The standard InChI is InChI=1S/C27H24F3NO6/c1-15(2)14-35-19-8-4-6-17(12-19)24(32)22-23(21-11-10-16(3)36-21)31(26(34)25(22)33)18-7-5-9-20(13-18)37-27(28,29)30/h4-13,15,23,32H,14H2,1-3H3/b24-22-. The fourth-order valence-electron chi connectivity index (χ4n) is 3.95. The number of ether oxygens (including phenoxy) is 2. The molecular weight excluding hydrogens is 491 g/mol. The number of nitrogens with zero attached hydrogens (tertiary/aromatic N) is 1. The number of aliphatic hydroxyl groups excluding tert-OH is 1. The summed E-state index contributed by atoms with van der Waals surface area (Å²) in [5.41, 5.74) is -0.0971. The van der Waals surface area contributed by atoms with Crippen LogP contribution in [0.4, 0.5) is 18.9 Å². The number of aliphatic hydroxyl groups is 1. The Morgan fingerprint density at radius 3 is 2.41 bits per heavy atom. The summed E-state index contributed by atoms with van der Waals surface area (Å²) in [6.45, 7) is 6.04. The number of carbonyl (C=O) groups is 2. The third-order valence-electron chi connectivity index (χ3n) is 5.50. The number of rotatable bonds is 7. The molecule has 1 fully saturated rings. The molecule has 0 radical (unpaired) electrons. The fraction of sp³-hybridized carbons (Fsp3) is 0.259. The molecule has 1 aromatic heterocycles. The SMILES string of the molecule is Cc1ccc(C2/C(=C(/O)c3cccc(OCC(C)C)c3)C(=O)C(=O)N2c2cccc(OC(F)(F)F)c2)o1. The Morgan fingerprint density at radius 1 is 1.05 bits per heavy atom. The van der Waals surface area contributed by atoms with Crippen LogP contribution in [-0.4, -0.2) is 29.8 Å². The lowest BCUT2D eigenvalue weighted by Gasteiger charge is -2.24. The minimum Gasteiger partial charge on any atom is -0.507 e. The highest BCUT2D eigenvalue weighted by Gasteiger charge is 2.48. The van der Waals surface area contributed by atoms with Crippen LogP contribution in [0, 0.1) is 12.8 Å². The second-order valence-electron chi connectivity index (χ2n) is 8.90. The van der Waals surface area contributed by atoms with Gasteiger partial charge in [-0.2, -0.15) is 0 Å². The molecule has 7 nitrogen and oxygen atoms in total.